The minimum absolute atomic E-state index is 0.116. The fourth-order valence-electron chi connectivity index (χ4n) is 2.37. The van der Waals surface area contributed by atoms with Gasteiger partial charge in [-0.25, -0.2) is 4.39 Å². The van der Waals surface area contributed by atoms with E-state index in [0.717, 1.165) is 22.4 Å². The van der Waals surface area contributed by atoms with Crippen LogP contribution in [0.2, 0.25) is 0 Å². The van der Waals surface area contributed by atoms with Crippen molar-refractivity contribution in [3.63, 3.8) is 0 Å². The molecule has 0 radical (unpaired) electrons. The van der Waals surface area contributed by atoms with Crippen LogP contribution in [0.4, 0.5) is 4.39 Å². The van der Waals surface area contributed by atoms with Gasteiger partial charge in [0.15, 0.2) is 0 Å². The summed E-state index contributed by atoms with van der Waals surface area (Å²) in [4.78, 5) is 4.48. The third-order valence-electron chi connectivity index (χ3n) is 3.41. The Morgan fingerprint density at radius 3 is 2.23 bits per heavy atom. The van der Waals surface area contributed by atoms with Gasteiger partial charge in [0.05, 0.1) is 12.8 Å². The maximum Gasteiger partial charge on any atom is 0.131 e. The van der Waals surface area contributed by atoms with E-state index in [2.05, 4.69) is 11.1 Å². The molecule has 1 heterocycles. The summed E-state index contributed by atoms with van der Waals surface area (Å²) in [6, 6.07) is 5.37. The van der Waals surface area contributed by atoms with Gasteiger partial charge in [0, 0.05) is 17.8 Å². The van der Waals surface area contributed by atoms with E-state index >= 15 is 0 Å². The largest absolute Gasteiger partial charge is 0.496 e. The van der Waals surface area contributed by atoms with Gasteiger partial charge in [-0.15, -0.1) is 0 Å². The van der Waals surface area contributed by atoms with Crippen LogP contribution in [0.5, 0.6) is 5.75 Å². The molecule has 2 rings (SSSR count). The first-order valence-electron chi connectivity index (χ1n) is 7.75. The number of halogens is 1. The molecule has 0 spiro atoms. The number of nitrogens with zero attached hydrogens (tertiary/aromatic N) is 1. The second kappa shape index (κ2) is 7.92. The van der Waals surface area contributed by atoms with E-state index in [0.29, 0.717) is 11.3 Å². The van der Waals surface area contributed by atoms with Crippen molar-refractivity contribution in [3.05, 3.63) is 46.9 Å². The van der Waals surface area contributed by atoms with Crippen LogP contribution in [0.1, 0.15) is 50.3 Å². The van der Waals surface area contributed by atoms with Gasteiger partial charge in [-0.3, -0.25) is 4.98 Å². The van der Waals surface area contributed by atoms with Crippen LogP contribution < -0.4 is 4.74 Å². The van der Waals surface area contributed by atoms with Gasteiger partial charge in [-0.05, 0) is 42.5 Å². The number of benzene rings is 1. The number of hydrogen-bond acceptors (Lipinski definition) is 2. The van der Waals surface area contributed by atoms with E-state index in [1.54, 1.807) is 7.11 Å². The predicted octanol–water partition coefficient (Wildman–Crippen LogP) is 5.66. The van der Waals surface area contributed by atoms with Crippen LogP contribution in [0.25, 0.3) is 11.3 Å². The highest BCUT2D eigenvalue weighted by molar-refractivity contribution is 5.71. The Morgan fingerprint density at radius 1 is 1.09 bits per heavy atom. The zero-order chi connectivity index (χ0) is 16.9. The molecule has 0 aliphatic heterocycles. The Kier molecular flexibility index (Phi) is 6.54. The first-order chi connectivity index (χ1) is 10.4. The summed E-state index contributed by atoms with van der Waals surface area (Å²) < 4.78 is 19.4. The van der Waals surface area contributed by atoms with E-state index in [9.17, 15) is 4.39 Å². The summed E-state index contributed by atoms with van der Waals surface area (Å²) in [6.07, 6.45) is 1.82. The third-order valence-corrected chi connectivity index (χ3v) is 3.41. The maximum atomic E-state index is 14.0. The molecular formula is C19H26FNO. The quantitative estimate of drug-likeness (QED) is 0.729. The second-order valence-corrected chi connectivity index (χ2v) is 5.41. The molecule has 2 aromatic rings. The lowest BCUT2D eigenvalue weighted by molar-refractivity contribution is 0.412. The molecule has 1 aromatic carbocycles. The van der Waals surface area contributed by atoms with E-state index in [1.165, 1.54) is 6.07 Å². The van der Waals surface area contributed by atoms with Gasteiger partial charge >= 0.3 is 0 Å². The molecular weight excluding hydrogens is 277 g/mol. The summed E-state index contributed by atoms with van der Waals surface area (Å²) in [5.74, 6) is 0.405. The molecule has 0 aliphatic carbocycles. The first-order valence-corrected chi connectivity index (χ1v) is 7.75. The van der Waals surface area contributed by atoms with E-state index in [-0.39, 0.29) is 11.7 Å². The normalized spacial score (nSPS) is 10.2. The van der Waals surface area contributed by atoms with Gasteiger partial charge < -0.3 is 4.74 Å². The Balaban J connectivity index is 0.00000116. The minimum atomic E-state index is -0.231. The average molecular weight is 303 g/mol. The zero-order valence-electron chi connectivity index (χ0n) is 14.6. The van der Waals surface area contributed by atoms with E-state index < -0.39 is 0 Å². The van der Waals surface area contributed by atoms with Crippen LogP contribution in [-0.2, 0) is 0 Å². The van der Waals surface area contributed by atoms with E-state index in [1.807, 2.05) is 53.8 Å². The number of methoxy groups -OCH3 is 1. The summed E-state index contributed by atoms with van der Waals surface area (Å²) >= 11 is 0. The SMILES string of the molecule is CC.COc1cc(F)c(C(C)C)cc1-c1ncc(C)cc1C. The molecule has 0 bridgehead atoms. The second-order valence-electron chi connectivity index (χ2n) is 5.41. The van der Waals surface area contributed by atoms with Crippen LogP contribution in [0.3, 0.4) is 0 Å². The number of hydrogen-bond donors (Lipinski definition) is 0. The average Bonchev–Trinajstić information content (AvgIpc) is 2.49. The smallest absolute Gasteiger partial charge is 0.131 e. The summed E-state index contributed by atoms with van der Waals surface area (Å²) in [5, 5.41) is 0. The van der Waals surface area contributed by atoms with Crippen molar-refractivity contribution in [1.82, 2.24) is 4.98 Å². The molecule has 0 fully saturated rings. The Morgan fingerprint density at radius 2 is 1.73 bits per heavy atom. The van der Waals surface area contributed by atoms with Gasteiger partial charge in [0.1, 0.15) is 11.6 Å². The lowest BCUT2D eigenvalue weighted by Gasteiger charge is -2.15. The molecule has 0 N–H and O–H groups in total. The van der Waals surface area contributed by atoms with Crippen molar-refractivity contribution < 1.29 is 9.13 Å². The maximum absolute atomic E-state index is 14.0. The zero-order valence-corrected chi connectivity index (χ0v) is 14.6. The van der Waals surface area contributed by atoms with Crippen LogP contribution in [0.15, 0.2) is 24.4 Å². The van der Waals surface area contributed by atoms with Gasteiger partial charge in [-0.1, -0.05) is 33.8 Å². The highest BCUT2D eigenvalue weighted by atomic mass is 19.1. The van der Waals surface area contributed by atoms with Gasteiger partial charge in [0.2, 0.25) is 0 Å². The molecule has 3 heteroatoms. The number of aromatic nitrogens is 1. The number of rotatable bonds is 3. The lowest BCUT2D eigenvalue weighted by Crippen LogP contribution is -1.99. The summed E-state index contributed by atoms with van der Waals surface area (Å²) in [6.45, 7) is 12.0. The molecule has 0 saturated heterocycles. The molecule has 0 saturated carbocycles. The van der Waals surface area contributed by atoms with Crippen LogP contribution in [0, 0.1) is 19.7 Å². The number of pyridine rings is 1. The Bertz CT molecular complexity index is 636. The topological polar surface area (TPSA) is 22.1 Å². The fraction of sp³-hybridized carbons (Fsp3) is 0.421. The van der Waals surface area contributed by atoms with Crippen molar-refractivity contribution >= 4 is 0 Å². The van der Waals surface area contributed by atoms with Crippen molar-refractivity contribution in [2.45, 2.75) is 47.5 Å². The summed E-state index contributed by atoms with van der Waals surface area (Å²) in [5.41, 5.74) is 4.54. The number of aryl methyl sites for hydroxylation is 2. The van der Waals surface area contributed by atoms with Crippen molar-refractivity contribution in [2.24, 2.45) is 0 Å². The Hall–Kier alpha value is -1.90. The molecule has 2 nitrogen and oxygen atoms in total. The third kappa shape index (κ3) is 3.85. The van der Waals surface area contributed by atoms with Crippen molar-refractivity contribution in [3.8, 4) is 17.0 Å². The predicted molar refractivity (Wildman–Crippen MR) is 91.1 cm³/mol. The van der Waals surface area contributed by atoms with Crippen LogP contribution >= 0.6 is 0 Å². The molecule has 0 aliphatic rings. The molecule has 1 aromatic heterocycles. The van der Waals surface area contributed by atoms with Gasteiger partial charge in [0.25, 0.3) is 0 Å². The van der Waals surface area contributed by atoms with Crippen molar-refractivity contribution in [1.29, 1.82) is 0 Å². The lowest BCUT2D eigenvalue weighted by atomic mass is 9.96. The summed E-state index contributed by atoms with van der Waals surface area (Å²) in [7, 11) is 1.55. The van der Waals surface area contributed by atoms with Crippen molar-refractivity contribution in [2.75, 3.05) is 7.11 Å². The van der Waals surface area contributed by atoms with Gasteiger partial charge in [-0.2, -0.15) is 0 Å². The monoisotopic (exact) mass is 303 g/mol. The highest BCUT2D eigenvalue weighted by Crippen LogP contribution is 2.35. The highest BCUT2D eigenvalue weighted by Gasteiger charge is 2.16. The molecule has 0 unspecified atom stereocenters. The fourth-order valence-corrected chi connectivity index (χ4v) is 2.37. The first kappa shape index (κ1) is 18.1. The molecule has 120 valence electrons. The standard InChI is InChI=1S/C17H20FNO.C2H6/c1-10(2)13-7-14(16(20-5)8-15(13)18)17-12(4)6-11(3)9-19-17;1-2/h6-10H,1-5H3;1-2H3. The molecule has 0 amide bonds. The minimum Gasteiger partial charge on any atom is -0.496 e. The van der Waals surface area contributed by atoms with E-state index in [4.69, 9.17) is 4.74 Å². The molecule has 22 heavy (non-hydrogen) atoms. The Labute approximate surface area is 133 Å². The molecule has 0 atom stereocenters. The number of ether oxygens (including phenoxy) is 1. The van der Waals surface area contributed by atoms with Crippen LogP contribution in [-0.4, -0.2) is 12.1 Å².